The maximum Gasteiger partial charge on any atom is 0.494 e. The molecule has 1 aliphatic heterocycles. The summed E-state index contributed by atoms with van der Waals surface area (Å²) in [5, 5.41) is 5.25. The number of nitrogens with zero attached hydrogens (tertiary/aromatic N) is 2. The minimum atomic E-state index is -0.477. The third-order valence-corrected chi connectivity index (χ3v) is 5.06. The maximum absolute atomic E-state index is 12.4. The van der Waals surface area contributed by atoms with Crippen LogP contribution >= 0.6 is 0 Å². The van der Waals surface area contributed by atoms with E-state index < -0.39 is 18.3 Å². The highest BCUT2D eigenvalue weighted by Crippen LogP contribution is 2.36. The van der Waals surface area contributed by atoms with Crippen LogP contribution in [0, 0.1) is 0 Å². The van der Waals surface area contributed by atoms with Crippen molar-refractivity contribution in [3.63, 3.8) is 0 Å². The van der Waals surface area contributed by atoms with Crippen LogP contribution in [-0.4, -0.2) is 40.7 Å². The molecule has 0 aliphatic carbocycles. The lowest BCUT2D eigenvalue weighted by Gasteiger charge is -2.32. The zero-order valence-corrected chi connectivity index (χ0v) is 15.8. The van der Waals surface area contributed by atoms with Crippen LogP contribution in [0.1, 0.15) is 52.0 Å². The summed E-state index contributed by atoms with van der Waals surface area (Å²) in [5.41, 5.74) is 1.27. The first-order valence-electron chi connectivity index (χ1n) is 8.73. The Morgan fingerprint density at radius 1 is 1.20 bits per heavy atom. The number of aryl methyl sites for hydroxylation is 1. The Hall–Kier alpha value is -1.86. The van der Waals surface area contributed by atoms with E-state index in [0.29, 0.717) is 18.8 Å². The van der Waals surface area contributed by atoms with Crippen LogP contribution in [0.2, 0.25) is 0 Å². The summed E-state index contributed by atoms with van der Waals surface area (Å²) in [6, 6.07) is 5.75. The predicted octanol–water partition coefficient (Wildman–Crippen LogP) is 2.53. The lowest BCUT2D eigenvalue weighted by atomic mass is 9.78. The molecule has 6 nitrogen and oxygen atoms in total. The van der Waals surface area contributed by atoms with E-state index in [1.807, 2.05) is 52.8 Å². The summed E-state index contributed by atoms with van der Waals surface area (Å²) in [6.07, 6.45) is 0. The zero-order chi connectivity index (χ0) is 18.4. The van der Waals surface area contributed by atoms with Crippen LogP contribution in [-0.2, 0) is 20.6 Å². The van der Waals surface area contributed by atoms with Crippen LogP contribution in [0.5, 0.6) is 0 Å². The van der Waals surface area contributed by atoms with Crippen LogP contribution in [0.4, 0.5) is 0 Å². The lowest BCUT2D eigenvalue weighted by Crippen LogP contribution is -2.41. The second-order valence-electron chi connectivity index (χ2n) is 7.25. The number of carbonyl (C=O) groups excluding carboxylic acids is 1. The quantitative estimate of drug-likeness (QED) is 0.630. The van der Waals surface area contributed by atoms with Gasteiger partial charge in [0.05, 0.1) is 23.3 Å². The number of aromatic nitrogens is 2. The Bertz CT molecular complexity index is 797. The molecule has 0 amide bonds. The van der Waals surface area contributed by atoms with Gasteiger partial charge in [0.25, 0.3) is 0 Å². The Kier molecular flexibility index (Phi) is 4.41. The molecule has 0 N–H and O–H groups in total. The van der Waals surface area contributed by atoms with E-state index in [1.165, 1.54) is 0 Å². The molecule has 3 rings (SSSR count). The Morgan fingerprint density at radius 2 is 1.84 bits per heavy atom. The first-order valence-corrected chi connectivity index (χ1v) is 8.73. The fourth-order valence-electron chi connectivity index (χ4n) is 2.92. The summed E-state index contributed by atoms with van der Waals surface area (Å²) >= 11 is 0. The number of hydrogen-bond acceptors (Lipinski definition) is 5. The van der Waals surface area contributed by atoms with Crippen molar-refractivity contribution in [1.82, 2.24) is 9.78 Å². The fraction of sp³-hybridized carbons (Fsp3) is 0.556. The summed E-state index contributed by atoms with van der Waals surface area (Å²) in [4.78, 5) is 12.4. The molecule has 0 spiro atoms. The number of fused-ring (bicyclic) bond motifs is 1. The van der Waals surface area contributed by atoms with Crippen LogP contribution < -0.4 is 5.46 Å². The first kappa shape index (κ1) is 18.0. The number of esters is 1. The van der Waals surface area contributed by atoms with Crippen molar-refractivity contribution >= 4 is 29.5 Å². The van der Waals surface area contributed by atoms with Gasteiger partial charge in [-0.25, -0.2) is 4.79 Å². The minimum Gasteiger partial charge on any atom is -0.461 e. The van der Waals surface area contributed by atoms with E-state index in [1.54, 1.807) is 11.6 Å². The van der Waals surface area contributed by atoms with Gasteiger partial charge in [-0.1, -0.05) is 12.1 Å². The van der Waals surface area contributed by atoms with Crippen molar-refractivity contribution in [2.75, 3.05) is 6.61 Å². The summed E-state index contributed by atoms with van der Waals surface area (Å²) in [5.74, 6) is -0.363. The highest BCUT2D eigenvalue weighted by atomic mass is 16.7. The zero-order valence-electron chi connectivity index (χ0n) is 15.8. The monoisotopic (exact) mass is 344 g/mol. The van der Waals surface area contributed by atoms with Crippen molar-refractivity contribution in [2.45, 2.75) is 59.3 Å². The number of benzene rings is 1. The van der Waals surface area contributed by atoms with Gasteiger partial charge in [-0.3, -0.25) is 4.68 Å². The second kappa shape index (κ2) is 6.14. The molecule has 2 heterocycles. The molecule has 1 fully saturated rings. The van der Waals surface area contributed by atoms with Gasteiger partial charge in [0.2, 0.25) is 0 Å². The molecule has 1 saturated heterocycles. The van der Waals surface area contributed by atoms with Crippen LogP contribution in [0.3, 0.4) is 0 Å². The van der Waals surface area contributed by atoms with Gasteiger partial charge in [-0.15, -0.1) is 0 Å². The molecule has 1 aromatic heterocycles. The van der Waals surface area contributed by atoms with Crippen molar-refractivity contribution in [3.05, 3.63) is 23.9 Å². The number of ether oxygens (including phenoxy) is 1. The molecular weight excluding hydrogens is 319 g/mol. The molecule has 25 heavy (non-hydrogen) atoms. The van der Waals surface area contributed by atoms with Gasteiger partial charge in [0.15, 0.2) is 5.69 Å². The molecule has 0 atom stereocenters. The van der Waals surface area contributed by atoms with Gasteiger partial charge in [-0.2, -0.15) is 5.10 Å². The molecule has 0 bridgehead atoms. The molecule has 1 aliphatic rings. The molecule has 134 valence electrons. The summed E-state index contributed by atoms with van der Waals surface area (Å²) in [6.45, 7) is 12.7. The van der Waals surface area contributed by atoms with Crippen molar-refractivity contribution in [1.29, 1.82) is 0 Å². The van der Waals surface area contributed by atoms with Crippen molar-refractivity contribution in [2.24, 2.45) is 0 Å². The molecule has 0 unspecified atom stereocenters. The third-order valence-electron chi connectivity index (χ3n) is 5.06. The Labute approximate surface area is 148 Å². The average molecular weight is 344 g/mol. The summed E-state index contributed by atoms with van der Waals surface area (Å²) < 4.78 is 19.1. The first-order chi connectivity index (χ1) is 11.7. The van der Waals surface area contributed by atoms with Gasteiger partial charge in [-0.05, 0) is 53.1 Å². The van der Waals surface area contributed by atoms with Gasteiger partial charge in [0.1, 0.15) is 0 Å². The number of hydrogen-bond donors (Lipinski definition) is 0. The van der Waals surface area contributed by atoms with E-state index in [-0.39, 0.29) is 5.97 Å². The summed E-state index contributed by atoms with van der Waals surface area (Å²) in [7, 11) is -0.477. The molecule has 1 aromatic carbocycles. The second-order valence-corrected chi connectivity index (χ2v) is 7.25. The molecular formula is C18H25BN2O4. The SMILES string of the molecule is CCOC(=O)c1c2cc(B3OC(C)(C)C(C)(C)O3)ccc2nn1CC. The van der Waals surface area contributed by atoms with E-state index in [0.717, 1.165) is 16.4 Å². The van der Waals surface area contributed by atoms with E-state index in [2.05, 4.69) is 5.10 Å². The fourth-order valence-corrected chi connectivity index (χ4v) is 2.92. The molecule has 7 heteroatoms. The maximum atomic E-state index is 12.4. The van der Waals surface area contributed by atoms with Crippen LogP contribution in [0.25, 0.3) is 10.9 Å². The van der Waals surface area contributed by atoms with Gasteiger partial charge < -0.3 is 14.0 Å². The third kappa shape index (κ3) is 2.96. The van der Waals surface area contributed by atoms with Gasteiger partial charge in [0, 0.05) is 11.9 Å². The average Bonchev–Trinajstić information content (AvgIpc) is 3.01. The van der Waals surface area contributed by atoms with Crippen molar-refractivity contribution < 1.29 is 18.8 Å². The topological polar surface area (TPSA) is 62.6 Å². The normalized spacial score (nSPS) is 18.7. The standard InChI is InChI=1S/C18H25BN2O4/c1-7-21-15(16(22)23-8-2)13-11-12(9-10-14(13)20-21)19-24-17(3,4)18(5,6)25-19/h9-11H,7-8H2,1-6H3. The highest BCUT2D eigenvalue weighted by Gasteiger charge is 2.51. The largest absolute Gasteiger partial charge is 0.494 e. The molecule has 0 radical (unpaired) electrons. The van der Waals surface area contributed by atoms with Crippen LogP contribution in [0.15, 0.2) is 18.2 Å². The van der Waals surface area contributed by atoms with Gasteiger partial charge >= 0.3 is 13.1 Å². The van der Waals surface area contributed by atoms with E-state index in [4.69, 9.17) is 14.0 Å². The highest BCUT2D eigenvalue weighted by molar-refractivity contribution is 6.62. The smallest absolute Gasteiger partial charge is 0.461 e. The number of carbonyl (C=O) groups is 1. The van der Waals surface area contributed by atoms with E-state index in [9.17, 15) is 4.79 Å². The lowest BCUT2D eigenvalue weighted by molar-refractivity contribution is 0.00578. The Balaban J connectivity index is 2.05. The Morgan fingerprint density at radius 3 is 2.40 bits per heavy atom. The van der Waals surface area contributed by atoms with E-state index >= 15 is 0 Å². The van der Waals surface area contributed by atoms with Crippen molar-refractivity contribution in [3.8, 4) is 0 Å². The number of rotatable bonds is 4. The predicted molar refractivity (Wildman–Crippen MR) is 97.1 cm³/mol. The molecule has 2 aromatic rings. The molecule has 0 saturated carbocycles. The minimum absolute atomic E-state index is 0.326.